The topological polar surface area (TPSA) is 64.2 Å². The zero-order chi connectivity index (χ0) is 14.3. The second-order valence-electron chi connectivity index (χ2n) is 5.22. The third kappa shape index (κ3) is 1.95. The zero-order valence-electron chi connectivity index (χ0n) is 11.8. The molecule has 0 bridgehead atoms. The molecule has 1 aromatic carbocycles. The lowest BCUT2D eigenvalue weighted by atomic mass is 10.0. The predicted octanol–water partition coefficient (Wildman–Crippen LogP) is 1.90. The minimum absolute atomic E-state index is 0.00199. The Morgan fingerprint density at radius 2 is 2.20 bits per heavy atom. The molecule has 0 unspecified atom stereocenters. The first-order chi connectivity index (χ1) is 9.58. The minimum atomic E-state index is 0.00199. The Balaban J connectivity index is 2.02. The largest absolute Gasteiger partial charge is 0.399 e. The first-order valence-corrected chi connectivity index (χ1v) is 6.77. The van der Waals surface area contributed by atoms with Gasteiger partial charge in [-0.1, -0.05) is 6.07 Å². The summed E-state index contributed by atoms with van der Waals surface area (Å²) in [7, 11) is 1.84. The molecule has 2 N–H and O–H groups in total. The summed E-state index contributed by atoms with van der Waals surface area (Å²) in [6.45, 7) is 2.63. The third-order valence-corrected chi connectivity index (χ3v) is 3.94. The highest BCUT2D eigenvalue weighted by Crippen LogP contribution is 2.30. The second-order valence-corrected chi connectivity index (χ2v) is 5.22. The lowest BCUT2D eigenvalue weighted by Crippen LogP contribution is -2.35. The van der Waals surface area contributed by atoms with Crippen molar-refractivity contribution < 1.29 is 4.79 Å². The van der Waals surface area contributed by atoms with Gasteiger partial charge in [0, 0.05) is 30.7 Å². The van der Waals surface area contributed by atoms with Gasteiger partial charge in [-0.05, 0) is 37.5 Å². The van der Waals surface area contributed by atoms with Crippen LogP contribution < -0.4 is 10.6 Å². The summed E-state index contributed by atoms with van der Waals surface area (Å²) in [6.07, 6.45) is 3.60. The van der Waals surface area contributed by atoms with E-state index < -0.39 is 0 Å². The molecule has 0 fully saturated rings. The van der Waals surface area contributed by atoms with Crippen LogP contribution in [0.15, 0.2) is 24.4 Å². The highest BCUT2D eigenvalue weighted by Gasteiger charge is 2.25. The Hall–Kier alpha value is -2.30. The van der Waals surface area contributed by atoms with E-state index >= 15 is 0 Å². The quantitative estimate of drug-likeness (QED) is 0.805. The smallest absolute Gasteiger partial charge is 0.261 e. The van der Waals surface area contributed by atoms with Crippen molar-refractivity contribution in [2.45, 2.75) is 19.8 Å². The molecule has 3 rings (SSSR count). The van der Waals surface area contributed by atoms with E-state index in [9.17, 15) is 4.79 Å². The number of benzene rings is 1. The van der Waals surface area contributed by atoms with Gasteiger partial charge in [0.15, 0.2) is 0 Å². The van der Waals surface area contributed by atoms with Crippen LogP contribution in [0.25, 0.3) is 0 Å². The van der Waals surface area contributed by atoms with Crippen molar-refractivity contribution in [2.75, 3.05) is 17.2 Å². The number of carbonyl (C=O) groups is 1. The summed E-state index contributed by atoms with van der Waals surface area (Å²) in [5.41, 5.74) is 10.2. The first-order valence-electron chi connectivity index (χ1n) is 6.77. The molecule has 1 aliphatic heterocycles. The number of rotatable bonds is 1. The van der Waals surface area contributed by atoms with Gasteiger partial charge in [-0.2, -0.15) is 5.10 Å². The lowest BCUT2D eigenvalue weighted by Gasteiger charge is -2.29. The SMILES string of the molecule is Cc1c(C(=O)N2CCCc3ccc(N)cc32)cnn1C. The van der Waals surface area contributed by atoms with E-state index in [1.54, 1.807) is 10.9 Å². The summed E-state index contributed by atoms with van der Waals surface area (Å²) in [5.74, 6) is 0.00199. The van der Waals surface area contributed by atoms with Gasteiger partial charge in [0.25, 0.3) is 5.91 Å². The fourth-order valence-electron chi connectivity index (χ4n) is 2.66. The standard InChI is InChI=1S/C15H18N4O/c1-10-13(9-17-18(10)2)15(20)19-7-3-4-11-5-6-12(16)8-14(11)19/h5-6,8-9H,3-4,7,16H2,1-2H3. The summed E-state index contributed by atoms with van der Waals surface area (Å²) < 4.78 is 1.72. The maximum atomic E-state index is 12.7. The number of hydrogen-bond donors (Lipinski definition) is 1. The Morgan fingerprint density at radius 1 is 1.40 bits per heavy atom. The number of nitrogens with zero attached hydrogens (tertiary/aromatic N) is 3. The molecule has 5 nitrogen and oxygen atoms in total. The molecule has 1 aromatic heterocycles. The van der Waals surface area contributed by atoms with Crippen molar-refractivity contribution in [1.29, 1.82) is 0 Å². The molecule has 20 heavy (non-hydrogen) atoms. The fourth-order valence-corrected chi connectivity index (χ4v) is 2.66. The summed E-state index contributed by atoms with van der Waals surface area (Å²) in [6, 6.07) is 5.79. The minimum Gasteiger partial charge on any atom is -0.399 e. The van der Waals surface area contributed by atoms with Crippen molar-refractivity contribution in [3.63, 3.8) is 0 Å². The second kappa shape index (κ2) is 4.67. The molecule has 0 aliphatic carbocycles. The summed E-state index contributed by atoms with van der Waals surface area (Å²) in [4.78, 5) is 14.6. The molecular weight excluding hydrogens is 252 g/mol. The highest BCUT2D eigenvalue weighted by molar-refractivity contribution is 6.07. The molecule has 1 aliphatic rings. The maximum Gasteiger partial charge on any atom is 0.261 e. The number of nitrogen functional groups attached to an aromatic ring is 1. The number of fused-ring (bicyclic) bond motifs is 1. The average Bonchev–Trinajstić information content (AvgIpc) is 2.77. The molecular formula is C15H18N4O. The number of hydrogen-bond acceptors (Lipinski definition) is 3. The van der Waals surface area contributed by atoms with Crippen molar-refractivity contribution in [2.24, 2.45) is 7.05 Å². The van der Waals surface area contributed by atoms with Gasteiger partial charge in [-0.15, -0.1) is 0 Å². The number of nitrogens with two attached hydrogens (primary N) is 1. The third-order valence-electron chi connectivity index (χ3n) is 3.94. The van der Waals surface area contributed by atoms with Crippen LogP contribution >= 0.6 is 0 Å². The van der Waals surface area contributed by atoms with Crippen LogP contribution in [0.1, 0.15) is 28.0 Å². The van der Waals surface area contributed by atoms with Crippen LogP contribution in [0.3, 0.4) is 0 Å². The van der Waals surface area contributed by atoms with E-state index in [2.05, 4.69) is 5.10 Å². The van der Waals surface area contributed by atoms with Crippen molar-refractivity contribution in [3.8, 4) is 0 Å². The number of aromatic nitrogens is 2. The Bertz CT molecular complexity index is 675. The van der Waals surface area contributed by atoms with E-state index in [0.717, 1.165) is 30.8 Å². The van der Waals surface area contributed by atoms with E-state index in [0.29, 0.717) is 11.3 Å². The van der Waals surface area contributed by atoms with Gasteiger partial charge in [-0.3, -0.25) is 9.48 Å². The summed E-state index contributed by atoms with van der Waals surface area (Å²) in [5, 5.41) is 4.15. The number of aryl methyl sites for hydroxylation is 2. The van der Waals surface area contributed by atoms with Gasteiger partial charge in [0.05, 0.1) is 11.8 Å². The molecule has 0 saturated carbocycles. The molecule has 0 spiro atoms. The van der Waals surface area contributed by atoms with Crippen LogP contribution in [-0.2, 0) is 13.5 Å². The molecule has 2 aromatic rings. The highest BCUT2D eigenvalue weighted by atomic mass is 16.2. The lowest BCUT2D eigenvalue weighted by molar-refractivity contribution is 0.0984. The average molecular weight is 270 g/mol. The Labute approximate surface area is 118 Å². The molecule has 2 heterocycles. The van der Waals surface area contributed by atoms with Gasteiger partial charge in [-0.25, -0.2) is 0 Å². The van der Waals surface area contributed by atoms with Crippen molar-refractivity contribution >= 4 is 17.3 Å². The summed E-state index contributed by atoms with van der Waals surface area (Å²) >= 11 is 0. The fraction of sp³-hybridized carbons (Fsp3) is 0.333. The van der Waals surface area contributed by atoms with Gasteiger partial charge in [0.2, 0.25) is 0 Å². The Morgan fingerprint density at radius 3 is 2.90 bits per heavy atom. The molecule has 0 saturated heterocycles. The molecule has 0 radical (unpaired) electrons. The number of carbonyl (C=O) groups excluding carboxylic acids is 1. The van der Waals surface area contributed by atoms with Gasteiger partial charge in [0.1, 0.15) is 0 Å². The Kier molecular flexibility index (Phi) is 2.97. The van der Waals surface area contributed by atoms with Crippen LogP contribution in [0.4, 0.5) is 11.4 Å². The number of anilines is 2. The van der Waals surface area contributed by atoms with Crippen molar-refractivity contribution in [1.82, 2.24) is 9.78 Å². The van der Waals surface area contributed by atoms with E-state index in [4.69, 9.17) is 5.73 Å². The normalized spacial score (nSPS) is 14.2. The van der Waals surface area contributed by atoms with E-state index in [-0.39, 0.29) is 5.91 Å². The van der Waals surface area contributed by atoms with E-state index in [1.807, 2.05) is 37.1 Å². The molecule has 104 valence electrons. The molecule has 1 amide bonds. The predicted molar refractivity (Wildman–Crippen MR) is 78.8 cm³/mol. The monoisotopic (exact) mass is 270 g/mol. The maximum absolute atomic E-state index is 12.7. The van der Waals surface area contributed by atoms with Crippen LogP contribution in [0.2, 0.25) is 0 Å². The zero-order valence-corrected chi connectivity index (χ0v) is 11.8. The van der Waals surface area contributed by atoms with Crippen molar-refractivity contribution in [3.05, 3.63) is 41.2 Å². The van der Waals surface area contributed by atoms with Gasteiger partial charge < -0.3 is 10.6 Å². The van der Waals surface area contributed by atoms with Crippen LogP contribution in [-0.4, -0.2) is 22.2 Å². The van der Waals surface area contributed by atoms with Crippen LogP contribution in [0, 0.1) is 6.92 Å². The van der Waals surface area contributed by atoms with E-state index in [1.165, 1.54) is 5.56 Å². The van der Waals surface area contributed by atoms with Crippen LogP contribution in [0.5, 0.6) is 0 Å². The number of amides is 1. The first kappa shape index (κ1) is 12.7. The molecule has 0 atom stereocenters. The molecule has 5 heteroatoms. The van der Waals surface area contributed by atoms with Gasteiger partial charge >= 0.3 is 0 Å².